The van der Waals surface area contributed by atoms with Crippen molar-refractivity contribution in [1.29, 1.82) is 0 Å². The van der Waals surface area contributed by atoms with Crippen LogP contribution in [0.5, 0.6) is 11.5 Å². The van der Waals surface area contributed by atoms with Crippen molar-refractivity contribution in [1.82, 2.24) is 14.8 Å². The molecule has 3 rings (SSSR count). The van der Waals surface area contributed by atoms with Crippen molar-refractivity contribution in [3.8, 4) is 11.5 Å². The fourth-order valence-electron chi connectivity index (χ4n) is 2.17. The summed E-state index contributed by atoms with van der Waals surface area (Å²) < 4.78 is 39.2. The van der Waals surface area contributed by atoms with Crippen molar-refractivity contribution in [2.45, 2.75) is 26.4 Å². The second kappa shape index (κ2) is 6.81. The van der Waals surface area contributed by atoms with Gasteiger partial charge in [-0.2, -0.15) is 9.78 Å². The molecule has 1 aliphatic rings. The molecular formula is C15H16F2N4O3. The number of alkyl halides is 2. The molecule has 7 nitrogen and oxygen atoms in total. The molecule has 0 saturated heterocycles. The third kappa shape index (κ3) is 3.29. The van der Waals surface area contributed by atoms with E-state index in [1.165, 1.54) is 29.5 Å². The maximum absolute atomic E-state index is 13.6. The topological polar surface area (TPSA) is 70.8 Å². The van der Waals surface area contributed by atoms with E-state index in [1.54, 1.807) is 13.8 Å². The zero-order valence-electron chi connectivity index (χ0n) is 13.1. The highest BCUT2D eigenvalue weighted by Crippen LogP contribution is 2.37. The van der Waals surface area contributed by atoms with Crippen LogP contribution in [0, 0.1) is 0 Å². The predicted octanol–water partition coefficient (Wildman–Crippen LogP) is 2.62. The van der Waals surface area contributed by atoms with Crippen LogP contribution in [-0.4, -0.2) is 39.9 Å². The van der Waals surface area contributed by atoms with E-state index in [9.17, 15) is 8.78 Å². The van der Waals surface area contributed by atoms with Crippen LogP contribution >= 0.6 is 0 Å². The maximum atomic E-state index is 13.6. The zero-order chi connectivity index (χ0) is 17.1. The quantitative estimate of drug-likeness (QED) is 0.487. The van der Waals surface area contributed by atoms with Crippen LogP contribution in [0.15, 0.2) is 29.9 Å². The first-order valence-corrected chi connectivity index (χ1v) is 7.37. The molecule has 1 aromatic carbocycles. The van der Waals surface area contributed by atoms with E-state index in [0.29, 0.717) is 19.0 Å². The van der Waals surface area contributed by atoms with Gasteiger partial charge in [0, 0.05) is 11.1 Å². The number of ether oxygens (including phenoxy) is 2. The average Bonchev–Trinajstić information content (AvgIpc) is 3.08. The van der Waals surface area contributed by atoms with Gasteiger partial charge in [-0.3, -0.25) is 0 Å². The Balaban J connectivity index is 2.14. The first-order valence-electron chi connectivity index (χ1n) is 7.37. The lowest BCUT2D eigenvalue weighted by atomic mass is 10.1. The third-order valence-corrected chi connectivity index (χ3v) is 3.18. The molecule has 1 aromatic heterocycles. The van der Waals surface area contributed by atoms with Crippen molar-refractivity contribution >= 4 is 5.84 Å². The number of halogens is 2. The fourth-order valence-corrected chi connectivity index (χ4v) is 2.17. The Morgan fingerprint density at radius 1 is 1.25 bits per heavy atom. The normalized spacial score (nSPS) is 14.3. The van der Waals surface area contributed by atoms with Crippen LogP contribution in [0.25, 0.3) is 0 Å². The Bertz CT molecular complexity index is 733. The Kier molecular flexibility index (Phi) is 4.59. The Morgan fingerprint density at radius 3 is 2.54 bits per heavy atom. The number of oxime groups is 1. The average molecular weight is 338 g/mol. The number of aromatic nitrogens is 3. The molecule has 0 amide bonds. The molecule has 0 radical (unpaired) electrons. The molecule has 24 heavy (non-hydrogen) atoms. The van der Waals surface area contributed by atoms with Gasteiger partial charge in [0.1, 0.15) is 32.0 Å². The van der Waals surface area contributed by atoms with Gasteiger partial charge in [-0.05, 0) is 26.0 Å². The van der Waals surface area contributed by atoms with Gasteiger partial charge in [-0.25, -0.2) is 13.8 Å². The third-order valence-electron chi connectivity index (χ3n) is 3.18. The van der Waals surface area contributed by atoms with Gasteiger partial charge in [0.15, 0.2) is 11.5 Å². The Labute approximate surface area is 136 Å². The Hall–Kier alpha value is -2.71. The summed E-state index contributed by atoms with van der Waals surface area (Å²) in [5.41, 5.74) is -0.110. The minimum Gasteiger partial charge on any atom is -0.486 e. The molecule has 2 aromatic rings. The molecule has 2 heterocycles. The minimum atomic E-state index is -2.73. The highest BCUT2D eigenvalue weighted by molar-refractivity contribution is 6.01. The van der Waals surface area contributed by atoms with Gasteiger partial charge in [0.05, 0.1) is 0 Å². The van der Waals surface area contributed by atoms with Gasteiger partial charge in [0.25, 0.3) is 6.43 Å². The molecular weight excluding hydrogens is 322 g/mol. The highest BCUT2D eigenvalue weighted by atomic mass is 19.3. The van der Waals surface area contributed by atoms with E-state index in [4.69, 9.17) is 14.3 Å². The lowest BCUT2D eigenvalue weighted by Crippen LogP contribution is -2.21. The van der Waals surface area contributed by atoms with Crippen LogP contribution < -0.4 is 9.47 Å². The summed E-state index contributed by atoms with van der Waals surface area (Å²) in [6.07, 6.45) is -0.321. The SMILES string of the molecule is CC(C)O/N=C(/c1cc2c(cc1C(F)F)OCCO2)n1cncn1. The van der Waals surface area contributed by atoms with Gasteiger partial charge in [-0.15, -0.1) is 0 Å². The number of rotatable bonds is 4. The number of fused-ring (bicyclic) bond motifs is 1. The van der Waals surface area contributed by atoms with Gasteiger partial charge >= 0.3 is 0 Å². The number of hydrogen-bond acceptors (Lipinski definition) is 6. The summed E-state index contributed by atoms with van der Waals surface area (Å²) in [7, 11) is 0. The summed E-state index contributed by atoms with van der Waals surface area (Å²) in [6.45, 7) is 4.22. The lowest BCUT2D eigenvalue weighted by Gasteiger charge is -2.21. The largest absolute Gasteiger partial charge is 0.486 e. The second-order valence-electron chi connectivity index (χ2n) is 5.29. The van der Waals surface area contributed by atoms with Crippen LogP contribution in [0.4, 0.5) is 8.78 Å². The molecule has 0 N–H and O–H groups in total. The van der Waals surface area contributed by atoms with Crippen LogP contribution in [-0.2, 0) is 4.84 Å². The van der Waals surface area contributed by atoms with Crippen molar-refractivity contribution in [2.24, 2.45) is 5.16 Å². The van der Waals surface area contributed by atoms with Crippen LogP contribution in [0.1, 0.15) is 31.4 Å². The number of hydrogen-bond donors (Lipinski definition) is 0. The van der Waals surface area contributed by atoms with Crippen LogP contribution in [0.2, 0.25) is 0 Å². The maximum Gasteiger partial charge on any atom is 0.264 e. The van der Waals surface area contributed by atoms with Gasteiger partial charge < -0.3 is 14.3 Å². The molecule has 0 fully saturated rings. The summed E-state index contributed by atoms with van der Waals surface area (Å²) in [6, 6.07) is 2.72. The van der Waals surface area contributed by atoms with Gasteiger partial charge in [-0.1, -0.05) is 5.16 Å². The van der Waals surface area contributed by atoms with Crippen LogP contribution in [0.3, 0.4) is 0 Å². The summed E-state index contributed by atoms with van der Waals surface area (Å²) >= 11 is 0. The first kappa shape index (κ1) is 16.2. The highest BCUT2D eigenvalue weighted by Gasteiger charge is 2.25. The van der Waals surface area contributed by atoms with E-state index in [0.717, 1.165) is 0 Å². The van der Waals surface area contributed by atoms with E-state index >= 15 is 0 Å². The molecule has 128 valence electrons. The van der Waals surface area contributed by atoms with Gasteiger partial charge in [0.2, 0.25) is 5.84 Å². The summed E-state index contributed by atoms with van der Waals surface area (Å²) in [4.78, 5) is 9.07. The molecule has 9 heteroatoms. The molecule has 0 unspecified atom stereocenters. The lowest BCUT2D eigenvalue weighted by molar-refractivity contribution is 0.0850. The monoisotopic (exact) mass is 338 g/mol. The van der Waals surface area contributed by atoms with Crippen molar-refractivity contribution in [2.75, 3.05) is 13.2 Å². The first-order chi connectivity index (χ1) is 11.6. The molecule has 0 saturated carbocycles. The summed E-state index contributed by atoms with van der Waals surface area (Å²) in [5, 5.41) is 7.94. The fraction of sp³-hybridized carbons (Fsp3) is 0.400. The number of benzene rings is 1. The standard InChI is InChI=1S/C15H16F2N4O3/c1-9(2)24-20-15(21-8-18-7-19-21)11-6-13-12(22-3-4-23-13)5-10(11)14(16)17/h5-9,14H,3-4H2,1-2H3/b20-15-. The molecule has 1 aliphatic heterocycles. The summed E-state index contributed by atoms with van der Waals surface area (Å²) in [5.74, 6) is 0.745. The smallest absolute Gasteiger partial charge is 0.264 e. The molecule has 0 bridgehead atoms. The van der Waals surface area contributed by atoms with E-state index in [2.05, 4.69) is 15.2 Å². The minimum absolute atomic E-state index is 0.0912. The Morgan fingerprint density at radius 2 is 1.96 bits per heavy atom. The van der Waals surface area contributed by atoms with E-state index < -0.39 is 6.43 Å². The molecule has 0 spiro atoms. The number of nitrogens with zero attached hydrogens (tertiary/aromatic N) is 4. The second-order valence-corrected chi connectivity index (χ2v) is 5.29. The van der Waals surface area contributed by atoms with E-state index in [1.807, 2.05) is 0 Å². The van der Waals surface area contributed by atoms with Crippen molar-refractivity contribution in [3.63, 3.8) is 0 Å². The van der Waals surface area contributed by atoms with Crippen molar-refractivity contribution in [3.05, 3.63) is 35.9 Å². The van der Waals surface area contributed by atoms with Crippen molar-refractivity contribution < 1.29 is 23.1 Å². The predicted molar refractivity (Wildman–Crippen MR) is 80.6 cm³/mol. The molecule has 0 aliphatic carbocycles. The van der Waals surface area contributed by atoms with E-state index in [-0.39, 0.29) is 28.8 Å². The molecule has 0 atom stereocenters. The zero-order valence-corrected chi connectivity index (χ0v) is 13.1.